The summed E-state index contributed by atoms with van der Waals surface area (Å²) < 4.78 is 43.4. The molecule has 1 heterocycles. The van der Waals surface area contributed by atoms with E-state index in [1.165, 1.54) is 25.4 Å². The Hall–Kier alpha value is -2.51. The first-order chi connectivity index (χ1) is 9.82. The third kappa shape index (κ3) is 3.15. The van der Waals surface area contributed by atoms with Gasteiger partial charge in [0.15, 0.2) is 11.4 Å². The Labute approximate surface area is 117 Å². The quantitative estimate of drug-likeness (QED) is 0.943. The number of nitrogens with zero attached hydrogens (tertiary/aromatic N) is 2. The first kappa shape index (κ1) is 14.9. The molecule has 21 heavy (non-hydrogen) atoms. The average Bonchev–Trinajstić information content (AvgIpc) is 2.81. The van der Waals surface area contributed by atoms with Gasteiger partial charge in [0.05, 0.1) is 25.4 Å². The standard InChI is InChI=1S/C13H11F3N2O3/c1-21-10-6-17-18(11(10)12(19)20)7-8-2-4-9(5-3-8)13(14,15)16/h2-6H,7H2,1H3,(H,19,20). The summed E-state index contributed by atoms with van der Waals surface area (Å²) in [5.74, 6) is -1.13. The van der Waals surface area contributed by atoms with Gasteiger partial charge < -0.3 is 9.84 Å². The molecule has 0 saturated heterocycles. The van der Waals surface area contributed by atoms with Crippen LogP contribution < -0.4 is 4.74 Å². The van der Waals surface area contributed by atoms with Crippen LogP contribution in [0.2, 0.25) is 0 Å². The largest absolute Gasteiger partial charge is 0.493 e. The number of aromatic carboxylic acids is 1. The maximum Gasteiger partial charge on any atom is 0.416 e. The van der Waals surface area contributed by atoms with Crippen molar-refractivity contribution in [2.24, 2.45) is 0 Å². The fraction of sp³-hybridized carbons (Fsp3) is 0.231. The monoisotopic (exact) mass is 300 g/mol. The molecule has 0 atom stereocenters. The summed E-state index contributed by atoms with van der Waals surface area (Å²) >= 11 is 0. The number of rotatable bonds is 4. The first-order valence-electron chi connectivity index (χ1n) is 5.82. The van der Waals surface area contributed by atoms with Crippen molar-refractivity contribution >= 4 is 5.97 Å². The fourth-order valence-electron chi connectivity index (χ4n) is 1.83. The molecule has 0 unspecified atom stereocenters. The zero-order chi connectivity index (χ0) is 15.6. The van der Waals surface area contributed by atoms with Crippen LogP contribution >= 0.6 is 0 Å². The van der Waals surface area contributed by atoms with Gasteiger partial charge in [-0.25, -0.2) is 4.79 Å². The zero-order valence-corrected chi connectivity index (χ0v) is 10.9. The van der Waals surface area contributed by atoms with E-state index in [1.54, 1.807) is 0 Å². The van der Waals surface area contributed by atoms with Gasteiger partial charge in [0.25, 0.3) is 0 Å². The topological polar surface area (TPSA) is 64.4 Å². The van der Waals surface area contributed by atoms with Gasteiger partial charge in [0, 0.05) is 0 Å². The van der Waals surface area contributed by atoms with Crippen molar-refractivity contribution in [3.63, 3.8) is 0 Å². The Balaban J connectivity index is 2.27. The van der Waals surface area contributed by atoms with Crippen LogP contribution in [0.15, 0.2) is 30.5 Å². The second-order valence-corrected chi connectivity index (χ2v) is 4.22. The van der Waals surface area contributed by atoms with E-state index in [4.69, 9.17) is 9.84 Å². The molecular formula is C13H11F3N2O3. The van der Waals surface area contributed by atoms with Crippen LogP contribution in [0.3, 0.4) is 0 Å². The lowest BCUT2D eigenvalue weighted by Gasteiger charge is -2.09. The van der Waals surface area contributed by atoms with Crippen LogP contribution in [-0.2, 0) is 12.7 Å². The number of carboxylic acids is 1. The lowest BCUT2D eigenvalue weighted by Crippen LogP contribution is -2.12. The Kier molecular flexibility index (Phi) is 3.88. The van der Waals surface area contributed by atoms with Gasteiger partial charge in [0.1, 0.15) is 0 Å². The summed E-state index contributed by atoms with van der Waals surface area (Å²) in [7, 11) is 1.31. The maximum absolute atomic E-state index is 12.5. The maximum atomic E-state index is 12.5. The molecule has 0 radical (unpaired) electrons. The van der Waals surface area contributed by atoms with E-state index in [9.17, 15) is 18.0 Å². The number of alkyl halides is 3. The van der Waals surface area contributed by atoms with Crippen LogP contribution in [0.25, 0.3) is 0 Å². The van der Waals surface area contributed by atoms with Crippen LogP contribution in [0.1, 0.15) is 21.6 Å². The molecule has 0 fully saturated rings. The Morgan fingerprint density at radius 2 is 1.95 bits per heavy atom. The van der Waals surface area contributed by atoms with Crippen molar-refractivity contribution in [3.8, 4) is 5.75 Å². The van der Waals surface area contributed by atoms with Crippen LogP contribution in [0.5, 0.6) is 5.75 Å². The molecule has 0 saturated carbocycles. The van der Waals surface area contributed by atoms with Crippen LogP contribution in [-0.4, -0.2) is 28.0 Å². The number of hydrogen-bond donors (Lipinski definition) is 1. The summed E-state index contributed by atoms with van der Waals surface area (Å²) in [6.45, 7) is 0.0309. The van der Waals surface area contributed by atoms with E-state index < -0.39 is 17.7 Å². The average molecular weight is 300 g/mol. The molecule has 0 bridgehead atoms. The second kappa shape index (κ2) is 5.47. The van der Waals surface area contributed by atoms with Crippen molar-refractivity contribution in [1.82, 2.24) is 9.78 Å². The van der Waals surface area contributed by atoms with Crippen LogP contribution in [0.4, 0.5) is 13.2 Å². The number of methoxy groups -OCH3 is 1. The highest BCUT2D eigenvalue weighted by atomic mass is 19.4. The smallest absolute Gasteiger partial charge is 0.416 e. The van der Waals surface area contributed by atoms with E-state index >= 15 is 0 Å². The first-order valence-corrected chi connectivity index (χ1v) is 5.82. The van der Waals surface area contributed by atoms with Crippen LogP contribution in [0, 0.1) is 0 Å². The number of carbonyl (C=O) groups is 1. The summed E-state index contributed by atoms with van der Waals surface area (Å²) in [6.07, 6.45) is -3.16. The van der Waals surface area contributed by atoms with E-state index in [1.807, 2.05) is 0 Å². The van der Waals surface area contributed by atoms with E-state index in [2.05, 4.69) is 5.10 Å². The molecule has 0 aliphatic heterocycles. The minimum absolute atomic E-state index is 0.0309. The zero-order valence-electron chi connectivity index (χ0n) is 10.9. The number of hydrogen-bond acceptors (Lipinski definition) is 3. The van der Waals surface area contributed by atoms with E-state index in [0.717, 1.165) is 16.8 Å². The third-order valence-corrected chi connectivity index (χ3v) is 2.84. The van der Waals surface area contributed by atoms with Gasteiger partial charge in [0.2, 0.25) is 0 Å². The van der Waals surface area contributed by atoms with Gasteiger partial charge in [-0.05, 0) is 17.7 Å². The van der Waals surface area contributed by atoms with Gasteiger partial charge in [-0.2, -0.15) is 18.3 Å². The number of ether oxygens (including phenoxy) is 1. The molecule has 0 aliphatic rings. The Bertz CT molecular complexity index is 648. The highest BCUT2D eigenvalue weighted by molar-refractivity contribution is 5.88. The molecule has 5 nitrogen and oxygen atoms in total. The molecule has 0 aliphatic carbocycles. The number of carboxylic acid groups (broad SMARTS) is 1. The molecule has 1 aromatic carbocycles. The second-order valence-electron chi connectivity index (χ2n) is 4.22. The normalized spacial score (nSPS) is 11.4. The highest BCUT2D eigenvalue weighted by Crippen LogP contribution is 2.29. The number of aromatic nitrogens is 2. The summed E-state index contributed by atoms with van der Waals surface area (Å²) in [4.78, 5) is 11.1. The lowest BCUT2D eigenvalue weighted by molar-refractivity contribution is -0.137. The molecule has 1 aromatic heterocycles. The van der Waals surface area contributed by atoms with Gasteiger partial charge in [-0.3, -0.25) is 4.68 Å². The number of halogens is 3. The molecule has 8 heteroatoms. The van der Waals surface area contributed by atoms with Gasteiger partial charge >= 0.3 is 12.1 Å². The fourth-order valence-corrected chi connectivity index (χ4v) is 1.83. The third-order valence-electron chi connectivity index (χ3n) is 2.84. The molecule has 0 spiro atoms. The molecule has 1 N–H and O–H groups in total. The summed E-state index contributed by atoms with van der Waals surface area (Å²) in [5, 5.41) is 13.0. The molecule has 0 amide bonds. The van der Waals surface area contributed by atoms with Crippen molar-refractivity contribution in [2.45, 2.75) is 12.7 Å². The Morgan fingerprint density at radius 1 is 1.33 bits per heavy atom. The number of benzene rings is 1. The predicted molar refractivity (Wildman–Crippen MR) is 66.3 cm³/mol. The van der Waals surface area contributed by atoms with E-state index in [0.29, 0.717) is 5.56 Å². The van der Waals surface area contributed by atoms with Crippen molar-refractivity contribution in [2.75, 3.05) is 7.11 Å². The SMILES string of the molecule is COc1cnn(Cc2ccc(C(F)(F)F)cc2)c1C(=O)O. The van der Waals surface area contributed by atoms with Gasteiger partial charge in [-0.15, -0.1) is 0 Å². The molecule has 2 rings (SSSR count). The predicted octanol–water partition coefficient (Wildman–Crippen LogP) is 2.66. The summed E-state index contributed by atoms with van der Waals surface area (Å²) in [5.41, 5.74) is -0.420. The summed E-state index contributed by atoms with van der Waals surface area (Å²) in [6, 6.07) is 4.44. The highest BCUT2D eigenvalue weighted by Gasteiger charge is 2.30. The van der Waals surface area contributed by atoms with Crippen molar-refractivity contribution < 1.29 is 27.8 Å². The lowest BCUT2D eigenvalue weighted by atomic mass is 10.1. The minimum Gasteiger partial charge on any atom is -0.493 e. The van der Waals surface area contributed by atoms with Crippen molar-refractivity contribution in [1.29, 1.82) is 0 Å². The molecular weight excluding hydrogens is 289 g/mol. The molecule has 112 valence electrons. The molecule has 2 aromatic rings. The minimum atomic E-state index is -4.40. The Morgan fingerprint density at radius 3 is 2.43 bits per heavy atom. The van der Waals surface area contributed by atoms with Gasteiger partial charge in [-0.1, -0.05) is 12.1 Å². The van der Waals surface area contributed by atoms with E-state index in [-0.39, 0.29) is 18.0 Å². The van der Waals surface area contributed by atoms with Crippen molar-refractivity contribution in [3.05, 3.63) is 47.3 Å².